The maximum absolute atomic E-state index is 5.67. The van der Waals surface area contributed by atoms with Crippen LogP contribution >= 0.6 is 0 Å². The van der Waals surface area contributed by atoms with Gasteiger partial charge in [-0.1, -0.05) is 33.6 Å². The average molecular weight is 248 g/mol. The number of nitrogens with two attached hydrogens (primary N) is 1. The van der Waals surface area contributed by atoms with Crippen molar-refractivity contribution in [1.82, 2.24) is 0 Å². The third-order valence-corrected chi connectivity index (χ3v) is 3.57. The molecule has 0 aliphatic carbocycles. The number of nitrogen functional groups attached to an aromatic ring is 1. The van der Waals surface area contributed by atoms with Crippen LogP contribution in [0.25, 0.3) is 0 Å². The van der Waals surface area contributed by atoms with Crippen LogP contribution in [0.15, 0.2) is 24.3 Å². The molecule has 102 valence electrons. The summed E-state index contributed by atoms with van der Waals surface area (Å²) in [5, 5.41) is 0. The van der Waals surface area contributed by atoms with Crippen LogP contribution < -0.4 is 10.6 Å². The van der Waals surface area contributed by atoms with E-state index in [1.54, 1.807) is 0 Å². The molecule has 0 saturated carbocycles. The van der Waals surface area contributed by atoms with Crippen LogP contribution in [0.3, 0.4) is 0 Å². The minimum absolute atomic E-state index is 0.735. The number of rotatable bonds is 3. The largest absolute Gasteiger partial charge is 0.399 e. The Labute approximate surface area is 112 Å². The Morgan fingerprint density at radius 1 is 1.11 bits per heavy atom. The highest BCUT2D eigenvalue weighted by atomic mass is 15.2. The van der Waals surface area contributed by atoms with E-state index in [9.17, 15) is 0 Å². The molecule has 2 nitrogen and oxygen atoms in total. The Kier molecular flexibility index (Phi) is 6.63. The predicted octanol–water partition coefficient (Wildman–Crippen LogP) is 4.45. The van der Waals surface area contributed by atoms with Crippen molar-refractivity contribution < 1.29 is 0 Å². The van der Waals surface area contributed by atoms with Crippen LogP contribution in [0.2, 0.25) is 0 Å². The Morgan fingerprint density at radius 3 is 2.22 bits per heavy atom. The van der Waals surface area contributed by atoms with Gasteiger partial charge in [-0.25, -0.2) is 0 Å². The van der Waals surface area contributed by atoms with Crippen molar-refractivity contribution in [2.75, 3.05) is 17.2 Å². The van der Waals surface area contributed by atoms with Gasteiger partial charge < -0.3 is 10.6 Å². The third-order valence-electron chi connectivity index (χ3n) is 3.57. The molecule has 1 unspecified atom stereocenters. The minimum Gasteiger partial charge on any atom is -0.399 e. The van der Waals surface area contributed by atoms with Crippen LogP contribution in [0.1, 0.15) is 52.9 Å². The second kappa shape index (κ2) is 8.02. The van der Waals surface area contributed by atoms with Gasteiger partial charge in [-0.15, -0.1) is 0 Å². The number of hydrogen-bond donors (Lipinski definition) is 1. The number of hydrogen-bond acceptors (Lipinski definition) is 2. The molecule has 0 radical (unpaired) electrons. The highest BCUT2D eigenvalue weighted by molar-refractivity contribution is 5.54. The summed E-state index contributed by atoms with van der Waals surface area (Å²) in [4.78, 5) is 2.50. The lowest BCUT2D eigenvalue weighted by atomic mass is 10.1. The lowest BCUT2D eigenvalue weighted by Crippen LogP contribution is -2.28. The Balaban J connectivity index is 0.000000357. The van der Waals surface area contributed by atoms with E-state index in [1.165, 1.54) is 44.3 Å². The molecule has 0 aromatic heterocycles. The van der Waals surface area contributed by atoms with E-state index in [0.717, 1.165) is 11.7 Å². The van der Waals surface area contributed by atoms with Crippen molar-refractivity contribution in [2.45, 2.75) is 58.9 Å². The second-order valence-corrected chi connectivity index (χ2v) is 4.99. The summed E-state index contributed by atoms with van der Waals surface area (Å²) in [5.74, 6) is 0. The van der Waals surface area contributed by atoms with Gasteiger partial charge in [-0.2, -0.15) is 0 Å². The van der Waals surface area contributed by atoms with Gasteiger partial charge >= 0.3 is 0 Å². The van der Waals surface area contributed by atoms with Crippen molar-refractivity contribution in [3.8, 4) is 0 Å². The molecule has 2 N–H and O–H groups in total. The van der Waals surface area contributed by atoms with E-state index in [2.05, 4.69) is 37.8 Å². The minimum atomic E-state index is 0.735. The maximum Gasteiger partial charge on any atom is 0.0370 e. The molecule has 0 amide bonds. The van der Waals surface area contributed by atoms with E-state index in [1.807, 2.05) is 12.1 Å². The lowest BCUT2D eigenvalue weighted by Gasteiger charge is -2.25. The summed E-state index contributed by atoms with van der Waals surface area (Å²) >= 11 is 0. The molecule has 0 bridgehead atoms. The van der Waals surface area contributed by atoms with Gasteiger partial charge in [0.1, 0.15) is 0 Å². The zero-order chi connectivity index (χ0) is 13.4. The van der Waals surface area contributed by atoms with Crippen molar-refractivity contribution in [3.63, 3.8) is 0 Å². The van der Waals surface area contributed by atoms with Crippen molar-refractivity contribution in [2.24, 2.45) is 0 Å². The first kappa shape index (κ1) is 14.9. The summed E-state index contributed by atoms with van der Waals surface area (Å²) < 4.78 is 0. The third kappa shape index (κ3) is 4.25. The average Bonchev–Trinajstić information content (AvgIpc) is 2.88. The molecule has 18 heavy (non-hydrogen) atoms. The summed E-state index contributed by atoms with van der Waals surface area (Å²) in [7, 11) is 0. The molecule has 1 heterocycles. The fourth-order valence-corrected chi connectivity index (χ4v) is 2.27. The molecule has 1 aromatic carbocycles. The first-order chi connectivity index (χ1) is 8.72. The quantitative estimate of drug-likeness (QED) is 0.800. The second-order valence-electron chi connectivity index (χ2n) is 4.99. The fourth-order valence-electron chi connectivity index (χ4n) is 2.27. The molecular weight excluding hydrogens is 220 g/mol. The maximum atomic E-state index is 5.67. The van der Waals surface area contributed by atoms with E-state index < -0.39 is 0 Å². The van der Waals surface area contributed by atoms with Gasteiger partial charge in [0.05, 0.1) is 0 Å². The number of benzene rings is 1. The van der Waals surface area contributed by atoms with Gasteiger partial charge in [0, 0.05) is 24.0 Å². The van der Waals surface area contributed by atoms with E-state index >= 15 is 0 Å². The number of nitrogens with zero attached hydrogens (tertiary/aromatic N) is 1. The molecule has 2 heteroatoms. The molecule has 1 saturated heterocycles. The first-order valence-corrected chi connectivity index (χ1v) is 7.35. The van der Waals surface area contributed by atoms with E-state index in [-0.39, 0.29) is 0 Å². The summed E-state index contributed by atoms with van der Waals surface area (Å²) in [6, 6.07) is 8.96. The number of unbranched alkanes of at least 4 members (excludes halogenated alkanes) is 1. The summed E-state index contributed by atoms with van der Waals surface area (Å²) in [6.45, 7) is 7.82. The van der Waals surface area contributed by atoms with Crippen LogP contribution in [-0.4, -0.2) is 12.6 Å². The lowest BCUT2D eigenvalue weighted by molar-refractivity contribution is 0.645. The van der Waals surface area contributed by atoms with Crippen molar-refractivity contribution in [3.05, 3.63) is 24.3 Å². The molecule has 1 aliphatic heterocycles. The van der Waals surface area contributed by atoms with Gasteiger partial charge in [0.2, 0.25) is 0 Å². The molecule has 1 fully saturated rings. The normalized spacial score (nSPS) is 18.4. The zero-order valence-corrected chi connectivity index (χ0v) is 12.2. The zero-order valence-electron chi connectivity index (χ0n) is 12.2. The fraction of sp³-hybridized carbons (Fsp3) is 0.625. The standard InChI is InChI=1S/C12H18N2.C4H10/c1-2-11-4-3-9-14(11)12-7-5-10(13)6-8-12;1-3-4-2/h5-8,11H,2-4,9,13H2,1H3;3-4H2,1-2H3. The molecule has 0 spiro atoms. The van der Waals surface area contributed by atoms with E-state index in [0.29, 0.717) is 0 Å². The van der Waals surface area contributed by atoms with Crippen molar-refractivity contribution >= 4 is 11.4 Å². The Bertz CT molecular complexity index is 316. The van der Waals surface area contributed by atoms with Gasteiger partial charge in [-0.05, 0) is 43.5 Å². The van der Waals surface area contributed by atoms with Crippen LogP contribution in [-0.2, 0) is 0 Å². The topological polar surface area (TPSA) is 29.3 Å². The van der Waals surface area contributed by atoms with Crippen LogP contribution in [0, 0.1) is 0 Å². The molecule has 1 aliphatic rings. The highest BCUT2D eigenvalue weighted by Gasteiger charge is 2.22. The van der Waals surface area contributed by atoms with Crippen LogP contribution in [0.5, 0.6) is 0 Å². The number of anilines is 2. The monoisotopic (exact) mass is 248 g/mol. The summed E-state index contributed by atoms with van der Waals surface area (Å²) in [6.07, 6.45) is 6.54. The molecule has 1 aromatic rings. The van der Waals surface area contributed by atoms with Crippen LogP contribution in [0.4, 0.5) is 11.4 Å². The summed E-state index contributed by atoms with van der Waals surface area (Å²) in [5.41, 5.74) is 7.84. The van der Waals surface area contributed by atoms with Gasteiger partial charge in [0.25, 0.3) is 0 Å². The highest BCUT2D eigenvalue weighted by Crippen LogP contribution is 2.27. The first-order valence-electron chi connectivity index (χ1n) is 7.35. The van der Waals surface area contributed by atoms with E-state index in [4.69, 9.17) is 5.73 Å². The SMILES string of the molecule is CCC1CCCN1c1ccc(N)cc1.CCCC. The van der Waals surface area contributed by atoms with Crippen molar-refractivity contribution in [1.29, 1.82) is 0 Å². The van der Waals surface area contributed by atoms with Gasteiger partial charge in [0.15, 0.2) is 0 Å². The smallest absolute Gasteiger partial charge is 0.0370 e. The Hall–Kier alpha value is -1.18. The Morgan fingerprint density at radius 2 is 1.72 bits per heavy atom. The molecular formula is C16H28N2. The molecule has 2 rings (SSSR count). The predicted molar refractivity (Wildman–Crippen MR) is 82.1 cm³/mol. The van der Waals surface area contributed by atoms with Gasteiger partial charge in [-0.3, -0.25) is 0 Å². The molecule has 1 atom stereocenters.